The van der Waals surface area contributed by atoms with Crippen LogP contribution in [0.1, 0.15) is 29.2 Å². The summed E-state index contributed by atoms with van der Waals surface area (Å²) in [7, 11) is 0. The van der Waals surface area contributed by atoms with E-state index in [1.807, 2.05) is 59.8 Å². The second-order valence-corrected chi connectivity index (χ2v) is 7.52. The van der Waals surface area contributed by atoms with Crippen molar-refractivity contribution in [3.05, 3.63) is 69.7 Å². The molecule has 3 heterocycles. The van der Waals surface area contributed by atoms with Gasteiger partial charge in [0.1, 0.15) is 5.82 Å². The number of aryl methyl sites for hydroxylation is 3. The molecule has 0 bridgehead atoms. The molecule has 8 nitrogen and oxygen atoms in total. The predicted molar refractivity (Wildman–Crippen MR) is 109 cm³/mol. The number of hydrogen-bond acceptors (Lipinski definition) is 4. The SMILES string of the molecule is Cc1cc(C)n(CCC(=O)N2CCc3nn(Cc4ccccc4)c(=O)n3CC2)n1. The van der Waals surface area contributed by atoms with E-state index in [0.29, 0.717) is 45.6 Å². The number of rotatable bonds is 5. The highest BCUT2D eigenvalue weighted by Crippen LogP contribution is 2.09. The highest BCUT2D eigenvalue weighted by Gasteiger charge is 2.22. The average molecular weight is 394 g/mol. The lowest BCUT2D eigenvalue weighted by atomic mass is 10.2. The lowest BCUT2D eigenvalue weighted by Crippen LogP contribution is -2.35. The van der Waals surface area contributed by atoms with Gasteiger partial charge in [0.05, 0.1) is 12.2 Å². The molecule has 0 atom stereocenters. The molecule has 1 aromatic carbocycles. The molecule has 2 aromatic heterocycles. The van der Waals surface area contributed by atoms with Gasteiger partial charge in [0, 0.05) is 44.7 Å². The molecule has 29 heavy (non-hydrogen) atoms. The molecule has 152 valence electrons. The fourth-order valence-corrected chi connectivity index (χ4v) is 3.83. The predicted octanol–water partition coefficient (Wildman–Crippen LogP) is 1.38. The van der Waals surface area contributed by atoms with E-state index >= 15 is 0 Å². The van der Waals surface area contributed by atoms with Crippen LogP contribution in [0.2, 0.25) is 0 Å². The number of benzene rings is 1. The number of fused-ring (bicyclic) bond motifs is 1. The first-order valence-electron chi connectivity index (χ1n) is 10.0. The Kier molecular flexibility index (Phi) is 5.33. The highest BCUT2D eigenvalue weighted by molar-refractivity contribution is 5.76. The van der Waals surface area contributed by atoms with Gasteiger partial charge in [-0.2, -0.15) is 10.2 Å². The van der Waals surface area contributed by atoms with Gasteiger partial charge in [0.2, 0.25) is 5.91 Å². The fourth-order valence-electron chi connectivity index (χ4n) is 3.83. The lowest BCUT2D eigenvalue weighted by Gasteiger charge is -2.20. The number of carbonyl (C=O) groups is 1. The zero-order valence-corrected chi connectivity index (χ0v) is 16.9. The monoisotopic (exact) mass is 394 g/mol. The summed E-state index contributed by atoms with van der Waals surface area (Å²) in [6.07, 6.45) is 0.991. The summed E-state index contributed by atoms with van der Waals surface area (Å²) >= 11 is 0. The molecule has 0 aliphatic carbocycles. The summed E-state index contributed by atoms with van der Waals surface area (Å²) in [6.45, 7) is 6.57. The van der Waals surface area contributed by atoms with Gasteiger partial charge in [-0.25, -0.2) is 9.48 Å². The topological polar surface area (TPSA) is 78.0 Å². The van der Waals surface area contributed by atoms with Crippen LogP contribution in [0.15, 0.2) is 41.2 Å². The fraction of sp³-hybridized carbons (Fsp3) is 0.429. The Hall–Kier alpha value is -3.16. The summed E-state index contributed by atoms with van der Waals surface area (Å²) < 4.78 is 5.10. The third kappa shape index (κ3) is 4.16. The van der Waals surface area contributed by atoms with E-state index in [-0.39, 0.29) is 11.6 Å². The summed E-state index contributed by atoms with van der Waals surface area (Å²) in [4.78, 5) is 27.3. The first kappa shape index (κ1) is 19.2. The third-order valence-electron chi connectivity index (χ3n) is 5.37. The Balaban J connectivity index is 1.39. The molecule has 0 N–H and O–H groups in total. The molecule has 0 saturated heterocycles. The standard InChI is InChI=1S/C21H26N6O2/c1-16-14-17(2)26(22-16)11-9-20(28)24-10-8-19-23-27(21(29)25(19)13-12-24)15-18-6-4-3-5-7-18/h3-7,14H,8-13,15H2,1-2H3. The second-order valence-electron chi connectivity index (χ2n) is 7.52. The van der Waals surface area contributed by atoms with Crippen molar-refractivity contribution in [3.63, 3.8) is 0 Å². The van der Waals surface area contributed by atoms with Crippen molar-refractivity contribution in [1.82, 2.24) is 29.0 Å². The Bertz CT molecular complexity index is 1060. The van der Waals surface area contributed by atoms with Crippen molar-refractivity contribution in [1.29, 1.82) is 0 Å². The van der Waals surface area contributed by atoms with Gasteiger partial charge < -0.3 is 4.90 Å². The summed E-state index contributed by atoms with van der Waals surface area (Å²) in [5.74, 6) is 0.840. The number of aromatic nitrogens is 5. The smallest absolute Gasteiger partial charge is 0.340 e. The van der Waals surface area contributed by atoms with Crippen molar-refractivity contribution in [3.8, 4) is 0 Å². The first-order chi connectivity index (χ1) is 14.0. The van der Waals surface area contributed by atoms with Crippen molar-refractivity contribution in [2.24, 2.45) is 0 Å². The van der Waals surface area contributed by atoms with Crippen LogP contribution in [0.5, 0.6) is 0 Å². The summed E-state index contributed by atoms with van der Waals surface area (Å²) in [6, 6.07) is 11.8. The molecule has 4 rings (SSSR count). The van der Waals surface area contributed by atoms with Crippen molar-refractivity contribution in [2.75, 3.05) is 13.1 Å². The van der Waals surface area contributed by atoms with Crippen LogP contribution in [0.25, 0.3) is 0 Å². The van der Waals surface area contributed by atoms with E-state index < -0.39 is 0 Å². The Morgan fingerprint density at radius 3 is 2.55 bits per heavy atom. The maximum Gasteiger partial charge on any atom is 0.346 e. The van der Waals surface area contributed by atoms with Gasteiger partial charge in [-0.3, -0.25) is 14.0 Å². The van der Waals surface area contributed by atoms with Crippen LogP contribution < -0.4 is 5.69 Å². The highest BCUT2D eigenvalue weighted by atomic mass is 16.2. The number of hydrogen-bond donors (Lipinski definition) is 0. The van der Waals surface area contributed by atoms with Crippen molar-refractivity contribution in [2.45, 2.75) is 46.3 Å². The van der Waals surface area contributed by atoms with Gasteiger partial charge in [-0.1, -0.05) is 30.3 Å². The molecule has 8 heteroatoms. The molecule has 0 fully saturated rings. The second kappa shape index (κ2) is 8.06. The van der Waals surface area contributed by atoms with Crippen LogP contribution in [-0.2, 0) is 30.8 Å². The van der Waals surface area contributed by atoms with E-state index in [1.54, 1.807) is 4.57 Å². The van der Waals surface area contributed by atoms with Crippen LogP contribution in [0.3, 0.4) is 0 Å². The van der Waals surface area contributed by atoms with Gasteiger partial charge >= 0.3 is 5.69 Å². The number of amides is 1. The van der Waals surface area contributed by atoms with Gasteiger partial charge in [-0.15, -0.1) is 0 Å². The van der Waals surface area contributed by atoms with Crippen molar-refractivity contribution >= 4 is 5.91 Å². The molecule has 3 aromatic rings. The van der Waals surface area contributed by atoms with E-state index in [1.165, 1.54) is 4.68 Å². The minimum Gasteiger partial charge on any atom is -0.340 e. The average Bonchev–Trinajstić information content (AvgIpc) is 3.09. The van der Waals surface area contributed by atoms with E-state index in [9.17, 15) is 9.59 Å². The van der Waals surface area contributed by atoms with E-state index in [4.69, 9.17) is 0 Å². The first-order valence-corrected chi connectivity index (χ1v) is 10.0. The molecule has 1 aliphatic heterocycles. The van der Waals surface area contributed by atoms with Gasteiger partial charge in [-0.05, 0) is 25.5 Å². The summed E-state index contributed by atoms with van der Waals surface area (Å²) in [5.41, 5.74) is 2.96. The molecular weight excluding hydrogens is 368 g/mol. The van der Waals surface area contributed by atoms with Crippen LogP contribution in [0, 0.1) is 13.8 Å². The molecule has 0 radical (unpaired) electrons. The van der Waals surface area contributed by atoms with E-state index in [0.717, 1.165) is 22.8 Å². The minimum atomic E-state index is -0.110. The lowest BCUT2D eigenvalue weighted by molar-refractivity contribution is -0.131. The Labute approximate surface area is 169 Å². The number of nitrogens with zero attached hydrogens (tertiary/aromatic N) is 6. The maximum absolute atomic E-state index is 12.7. The zero-order chi connectivity index (χ0) is 20.4. The molecule has 1 amide bonds. The van der Waals surface area contributed by atoms with Crippen LogP contribution in [-0.4, -0.2) is 48.0 Å². The third-order valence-corrected chi connectivity index (χ3v) is 5.37. The maximum atomic E-state index is 12.7. The Morgan fingerprint density at radius 1 is 1.03 bits per heavy atom. The van der Waals surface area contributed by atoms with Crippen LogP contribution in [0.4, 0.5) is 0 Å². The Morgan fingerprint density at radius 2 is 1.83 bits per heavy atom. The molecule has 0 saturated carbocycles. The molecule has 0 spiro atoms. The summed E-state index contributed by atoms with van der Waals surface area (Å²) in [5, 5.41) is 8.94. The quantitative estimate of drug-likeness (QED) is 0.655. The van der Waals surface area contributed by atoms with Crippen molar-refractivity contribution < 1.29 is 4.79 Å². The van der Waals surface area contributed by atoms with Gasteiger partial charge in [0.15, 0.2) is 0 Å². The van der Waals surface area contributed by atoms with E-state index in [2.05, 4.69) is 10.2 Å². The van der Waals surface area contributed by atoms with Crippen LogP contribution >= 0.6 is 0 Å². The molecule has 0 unspecified atom stereocenters. The molecular formula is C21H26N6O2. The minimum absolute atomic E-state index is 0.0907. The zero-order valence-electron chi connectivity index (χ0n) is 16.9. The van der Waals surface area contributed by atoms with Gasteiger partial charge in [0.25, 0.3) is 0 Å². The largest absolute Gasteiger partial charge is 0.346 e. The number of carbonyl (C=O) groups excluding carboxylic acids is 1. The molecule has 1 aliphatic rings. The normalized spacial score (nSPS) is 13.9.